The van der Waals surface area contributed by atoms with Crippen molar-refractivity contribution in [2.24, 2.45) is 0 Å². The third kappa shape index (κ3) is 3.17. The van der Waals surface area contributed by atoms with Crippen LogP contribution in [-0.4, -0.2) is 9.55 Å². The predicted molar refractivity (Wildman–Crippen MR) is 108 cm³/mol. The van der Waals surface area contributed by atoms with E-state index in [-0.39, 0.29) is 5.56 Å². The molecule has 26 heavy (non-hydrogen) atoms. The fourth-order valence-corrected chi connectivity index (χ4v) is 2.96. The maximum absolute atomic E-state index is 13.1. The van der Waals surface area contributed by atoms with Gasteiger partial charge in [-0.05, 0) is 48.0 Å². The fourth-order valence-electron chi connectivity index (χ4n) is 2.84. The number of fused-ring (bicyclic) bond motifs is 1. The Balaban J connectivity index is 1.95. The summed E-state index contributed by atoms with van der Waals surface area (Å²) in [7, 11) is 0. The van der Waals surface area contributed by atoms with Crippen LogP contribution in [0.1, 0.15) is 11.4 Å². The van der Waals surface area contributed by atoms with Crippen LogP contribution in [0.15, 0.2) is 83.7 Å². The van der Waals surface area contributed by atoms with Gasteiger partial charge in [0.05, 0.1) is 16.6 Å². The molecule has 0 aliphatic heterocycles. The van der Waals surface area contributed by atoms with Crippen molar-refractivity contribution in [2.75, 3.05) is 0 Å². The van der Waals surface area contributed by atoms with Crippen molar-refractivity contribution in [2.45, 2.75) is 0 Å². The maximum Gasteiger partial charge on any atom is 0.266 e. The highest BCUT2D eigenvalue weighted by molar-refractivity contribution is 6.30. The average molecular weight is 359 g/mol. The zero-order chi connectivity index (χ0) is 17.9. The van der Waals surface area contributed by atoms with Gasteiger partial charge >= 0.3 is 0 Å². The molecule has 0 spiro atoms. The number of aromatic nitrogens is 2. The molecule has 0 radical (unpaired) electrons. The van der Waals surface area contributed by atoms with Crippen molar-refractivity contribution in [3.05, 3.63) is 106 Å². The predicted octanol–water partition coefficient (Wildman–Crippen LogP) is 5.21. The second-order valence-corrected chi connectivity index (χ2v) is 6.28. The summed E-state index contributed by atoms with van der Waals surface area (Å²) < 4.78 is 1.61. The topological polar surface area (TPSA) is 34.9 Å². The van der Waals surface area contributed by atoms with Crippen molar-refractivity contribution >= 4 is 34.7 Å². The highest BCUT2D eigenvalue weighted by Gasteiger charge is 2.10. The molecule has 0 saturated heterocycles. The van der Waals surface area contributed by atoms with E-state index in [9.17, 15) is 4.79 Å². The first-order valence-electron chi connectivity index (χ1n) is 8.23. The van der Waals surface area contributed by atoms with Crippen molar-refractivity contribution in [1.82, 2.24) is 9.55 Å². The molecule has 0 fully saturated rings. The van der Waals surface area contributed by atoms with E-state index in [0.717, 1.165) is 11.3 Å². The van der Waals surface area contributed by atoms with E-state index < -0.39 is 0 Å². The lowest BCUT2D eigenvalue weighted by Crippen LogP contribution is -2.22. The Hall–Kier alpha value is -3.17. The summed E-state index contributed by atoms with van der Waals surface area (Å²) in [4.78, 5) is 17.8. The standard InChI is InChI=1S/C22H15ClN2O/c23-17-11-13-18(14-12-17)25-21(15-10-16-6-2-1-3-7-16)24-20-9-5-4-8-19(20)22(25)26/h1-15H/b15-10+. The Bertz CT molecular complexity index is 1150. The van der Waals surface area contributed by atoms with Crippen LogP contribution in [0.4, 0.5) is 0 Å². The van der Waals surface area contributed by atoms with Crippen LogP contribution >= 0.6 is 11.6 Å². The van der Waals surface area contributed by atoms with Gasteiger partial charge in [0.15, 0.2) is 0 Å². The first kappa shape index (κ1) is 16.3. The van der Waals surface area contributed by atoms with E-state index in [4.69, 9.17) is 16.6 Å². The van der Waals surface area contributed by atoms with Gasteiger partial charge < -0.3 is 0 Å². The molecule has 4 heteroatoms. The number of rotatable bonds is 3. The molecule has 0 unspecified atom stereocenters. The molecular weight excluding hydrogens is 344 g/mol. The summed E-state index contributed by atoms with van der Waals surface area (Å²) in [5, 5.41) is 1.20. The van der Waals surface area contributed by atoms with Crippen molar-refractivity contribution < 1.29 is 0 Å². The Morgan fingerprint density at radius 2 is 1.50 bits per heavy atom. The van der Waals surface area contributed by atoms with Gasteiger partial charge in [0.25, 0.3) is 5.56 Å². The number of hydrogen-bond donors (Lipinski definition) is 0. The van der Waals surface area contributed by atoms with Crippen molar-refractivity contribution in [1.29, 1.82) is 0 Å². The minimum Gasteiger partial charge on any atom is -0.268 e. The summed E-state index contributed by atoms with van der Waals surface area (Å²) in [6, 6.07) is 24.5. The maximum atomic E-state index is 13.1. The number of para-hydroxylation sites is 1. The third-order valence-corrected chi connectivity index (χ3v) is 4.36. The largest absolute Gasteiger partial charge is 0.268 e. The van der Waals surface area contributed by atoms with Gasteiger partial charge in [-0.3, -0.25) is 9.36 Å². The number of nitrogens with zero attached hydrogens (tertiary/aromatic N) is 2. The van der Waals surface area contributed by atoms with Gasteiger partial charge in [0, 0.05) is 5.02 Å². The molecule has 4 rings (SSSR count). The van der Waals surface area contributed by atoms with Gasteiger partial charge in [-0.2, -0.15) is 0 Å². The molecule has 0 saturated carbocycles. The third-order valence-electron chi connectivity index (χ3n) is 4.11. The summed E-state index contributed by atoms with van der Waals surface area (Å²) in [5.41, 5.74) is 2.34. The van der Waals surface area contributed by atoms with Gasteiger partial charge in [-0.25, -0.2) is 4.98 Å². The van der Waals surface area contributed by atoms with Crippen LogP contribution in [0.5, 0.6) is 0 Å². The minimum atomic E-state index is -0.106. The first-order valence-corrected chi connectivity index (χ1v) is 8.61. The zero-order valence-electron chi connectivity index (χ0n) is 13.8. The van der Waals surface area contributed by atoms with Crippen LogP contribution in [0.2, 0.25) is 5.02 Å². The second kappa shape index (κ2) is 6.98. The Morgan fingerprint density at radius 3 is 2.27 bits per heavy atom. The highest BCUT2D eigenvalue weighted by Crippen LogP contribution is 2.17. The second-order valence-electron chi connectivity index (χ2n) is 5.85. The summed E-state index contributed by atoms with van der Waals surface area (Å²) in [6.45, 7) is 0. The van der Waals surface area contributed by atoms with E-state index in [0.29, 0.717) is 21.7 Å². The Labute approximate surface area is 155 Å². The van der Waals surface area contributed by atoms with E-state index in [2.05, 4.69) is 0 Å². The van der Waals surface area contributed by atoms with Crippen LogP contribution in [0, 0.1) is 0 Å². The van der Waals surface area contributed by atoms with E-state index in [1.807, 2.05) is 72.8 Å². The summed E-state index contributed by atoms with van der Waals surface area (Å²) in [6.07, 6.45) is 3.81. The molecule has 3 nitrogen and oxygen atoms in total. The van der Waals surface area contributed by atoms with Gasteiger partial charge in [-0.1, -0.05) is 60.1 Å². The Kier molecular flexibility index (Phi) is 4.38. The number of halogens is 1. The lowest BCUT2D eigenvalue weighted by atomic mass is 10.2. The molecule has 3 aromatic carbocycles. The normalized spacial score (nSPS) is 11.3. The van der Waals surface area contributed by atoms with E-state index in [1.165, 1.54) is 0 Å². The lowest BCUT2D eigenvalue weighted by Gasteiger charge is -2.11. The first-order chi connectivity index (χ1) is 12.7. The molecule has 126 valence electrons. The molecule has 0 atom stereocenters. The monoisotopic (exact) mass is 358 g/mol. The zero-order valence-corrected chi connectivity index (χ0v) is 14.6. The molecule has 0 amide bonds. The summed E-state index contributed by atoms with van der Waals surface area (Å²) >= 11 is 6.00. The number of benzene rings is 3. The van der Waals surface area contributed by atoms with Crippen LogP contribution in [0.3, 0.4) is 0 Å². The van der Waals surface area contributed by atoms with Gasteiger partial charge in [0.1, 0.15) is 5.82 Å². The van der Waals surface area contributed by atoms with Crippen molar-refractivity contribution in [3.8, 4) is 5.69 Å². The highest BCUT2D eigenvalue weighted by atomic mass is 35.5. The van der Waals surface area contributed by atoms with Crippen LogP contribution in [-0.2, 0) is 0 Å². The molecule has 1 heterocycles. The van der Waals surface area contributed by atoms with Crippen molar-refractivity contribution in [3.63, 3.8) is 0 Å². The van der Waals surface area contributed by atoms with Crippen LogP contribution < -0.4 is 5.56 Å². The Morgan fingerprint density at radius 1 is 0.808 bits per heavy atom. The van der Waals surface area contributed by atoms with E-state index in [1.54, 1.807) is 22.8 Å². The molecule has 0 aliphatic rings. The fraction of sp³-hybridized carbons (Fsp3) is 0. The molecule has 0 N–H and O–H groups in total. The molecule has 0 aliphatic carbocycles. The summed E-state index contributed by atoms with van der Waals surface area (Å²) in [5.74, 6) is 0.569. The van der Waals surface area contributed by atoms with Gasteiger partial charge in [0.2, 0.25) is 0 Å². The molecule has 1 aromatic heterocycles. The molecular formula is C22H15ClN2O. The number of hydrogen-bond acceptors (Lipinski definition) is 2. The smallest absolute Gasteiger partial charge is 0.266 e. The van der Waals surface area contributed by atoms with Crippen LogP contribution in [0.25, 0.3) is 28.7 Å². The van der Waals surface area contributed by atoms with Gasteiger partial charge in [-0.15, -0.1) is 0 Å². The van der Waals surface area contributed by atoms with E-state index >= 15 is 0 Å². The average Bonchev–Trinajstić information content (AvgIpc) is 2.68. The minimum absolute atomic E-state index is 0.106. The molecule has 0 bridgehead atoms. The lowest BCUT2D eigenvalue weighted by molar-refractivity contribution is 0.944. The SMILES string of the molecule is O=c1c2ccccc2nc(/C=C/c2ccccc2)n1-c1ccc(Cl)cc1. The quantitative estimate of drug-likeness (QED) is 0.504. The molecule has 4 aromatic rings.